The minimum absolute atomic E-state index is 0.235. The summed E-state index contributed by atoms with van der Waals surface area (Å²) in [6.45, 7) is 3.71. The molecule has 3 nitrogen and oxygen atoms in total. The van der Waals surface area contributed by atoms with Crippen molar-refractivity contribution in [3.8, 4) is 0 Å². The number of hydrogen-bond acceptors (Lipinski definition) is 2. The molecule has 0 atom stereocenters. The van der Waals surface area contributed by atoms with Gasteiger partial charge in [0.1, 0.15) is 5.82 Å². The van der Waals surface area contributed by atoms with Crippen molar-refractivity contribution in [1.29, 1.82) is 0 Å². The molecule has 0 saturated carbocycles. The van der Waals surface area contributed by atoms with Crippen molar-refractivity contribution < 1.29 is 9.18 Å². The molecule has 0 unspecified atom stereocenters. The van der Waals surface area contributed by atoms with Crippen molar-refractivity contribution in [3.05, 3.63) is 57.3 Å². The Hall–Kier alpha value is -1.88. The van der Waals surface area contributed by atoms with E-state index in [-0.39, 0.29) is 11.7 Å². The molecule has 2 rings (SSSR count). The predicted molar refractivity (Wildman–Crippen MR) is 87.5 cm³/mol. The first-order chi connectivity index (χ1) is 9.92. The topological polar surface area (TPSA) is 41.1 Å². The summed E-state index contributed by atoms with van der Waals surface area (Å²) in [5, 5.41) is 5.82. The summed E-state index contributed by atoms with van der Waals surface area (Å²) < 4.78 is 13.7. The number of amides is 1. The van der Waals surface area contributed by atoms with Crippen LogP contribution in [0.3, 0.4) is 0 Å². The van der Waals surface area contributed by atoms with Crippen LogP contribution in [0.15, 0.2) is 34.8 Å². The zero-order valence-electron chi connectivity index (χ0n) is 12.1. The minimum Gasteiger partial charge on any atom is -0.387 e. The molecule has 2 N–H and O–H groups in total. The van der Waals surface area contributed by atoms with E-state index in [0.717, 1.165) is 11.3 Å². The minimum atomic E-state index is -0.350. The standard InChI is InChI=1S/C16H16BrFN2O/c1-9-4-5-11(15(6-9)19-3)16(21)20-14-8-12(17)13(18)7-10(14)2/h4-8,19H,1-3H3,(H,20,21). The van der Waals surface area contributed by atoms with Crippen LogP contribution in [0.25, 0.3) is 0 Å². The fourth-order valence-electron chi connectivity index (χ4n) is 2.03. The SMILES string of the molecule is CNc1cc(C)ccc1C(=O)Nc1cc(Br)c(F)cc1C. The molecule has 0 spiro atoms. The van der Waals surface area contributed by atoms with Crippen LogP contribution in [0.1, 0.15) is 21.5 Å². The molecule has 0 radical (unpaired) electrons. The molecule has 5 heteroatoms. The number of rotatable bonds is 3. The molecule has 0 bridgehead atoms. The second-order valence-corrected chi connectivity index (χ2v) is 5.69. The third kappa shape index (κ3) is 3.42. The number of hydrogen-bond donors (Lipinski definition) is 2. The summed E-state index contributed by atoms with van der Waals surface area (Å²) in [4.78, 5) is 12.4. The van der Waals surface area contributed by atoms with Crippen molar-refractivity contribution in [1.82, 2.24) is 0 Å². The van der Waals surface area contributed by atoms with E-state index in [1.54, 1.807) is 26.1 Å². The molecule has 110 valence electrons. The highest BCUT2D eigenvalue weighted by Crippen LogP contribution is 2.25. The van der Waals surface area contributed by atoms with Crippen molar-refractivity contribution in [3.63, 3.8) is 0 Å². The third-order valence-corrected chi connectivity index (χ3v) is 3.81. The summed E-state index contributed by atoms with van der Waals surface area (Å²) in [7, 11) is 1.77. The first kappa shape index (κ1) is 15.5. The third-order valence-electron chi connectivity index (χ3n) is 3.20. The molecule has 21 heavy (non-hydrogen) atoms. The monoisotopic (exact) mass is 350 g/mol. The van der Waals surface area contributed by atoms with Gasteiger partial charge in [-0.3, -0.25) is 4.79 Å². The lowest BCUT2D eigenvalue weighted by Gasteiger charge is -2.13. The molecule has 1 amide bonds. The van der Waals surface area contributed by atoms with E-state index in [2.05, 4.69) is 26.6 Å². The Labute approximate surface area is 131 Å². The Morgan fingerprint density at radius 1 is 1.14 bits per heavy atom. The number of carbonyl (C=O) groups is 1. The largest absolute Gasteiger partial charge is 0.387 e. The van der Waals surface area contributed by atoms with E-state index < -0.39 is 0 Å². The molecule has 0 saturated heterocycles. The normalized spacial score (nSPS) is 10.3. The second-order valence-electron chi connectivity index (χ2n) is 4.83. The van der Waals surface area contributed by atoms with Crippen LogP contribution in [-0.2, 0) is 0 Å². The Kier molecular flexibility index (Phi) is 4.63. The van der Waals surface area contributed by atoms with Crippen LogP contribution in [-0.4, -0.2) is 13.0 Å². The Bertz CT molecular complexity index is 701. The Morgan fingerprint density at radius 3 is 2.52 bits per heavy atom. The average Bonchev–Trinajstić information content (AvgIpc) is 2.44. The van der Waals surface area contributed by atoms with E-state index in [4.69, 9.17) is 0 Å². The van der Waals surface area contributed by atoms with Crippen molar-refractivity contribution in [2.24, 2.45) is 0 Å². The van der Waals surface area contributed by atoms with Gasteiger partial charge in [-0.25, -0.2) is 4.39 Å². The fourth-order valence-corrected chi connectivity index (χ4v) is 2.38. The molecule has 0 aliphatic heterocycles. The van der Waals surface area contributed by atoms with Crippen LogP contribution in [0.4, 0.5) is 15.8 Å². The van der Waals surface area contributed by atoms with Crippen LogP contribution in [0, 0.1) is 19.7 Å². The molecule has 2 aromatic rings. The maximum atomic E-state index is 13.4. The quantitative estimate of drug-likeness (QED) is 0.855. The van der Waals surface area contributed by atoms with E-state index in [0.29, 0.717) is 21.3 Å². The maximum Gasteiger partial charge on any atom is 0.257 e. The van der Waals surface area contributed by atoms with Gasteiger partial charge in [-0.15, -0.1) is 0 Å². The number of nitrogens with one attached hydrogen (secondary N) is 2. The van der Waals surface area contributed by atoms with Gasteiger partial charge in [-0.1, -0.05) is 6.07 Å². The summed E-state index contributed by atoms with van der Waals surface area (Å²) in [6, 6.07) is 8.50. The Balaban J connectivity index is 2.32. The summed E-state index contributed by atoms with van der Waals surface area (Å²) in [5.74, 6) is -0.585. The van der Waals surface area contributed by atoms with Gasteiger partial charge in [0.2, 0.25) is 0 Å². The smallest absolute Gasteiger partial charge is 0.257 e. The van der Waals surface area contributed by atoms with Gasteiger partial charge >= 0.3 is 0 Å². The molecule has 0 aromatic heterocycles. The van der Waals surface area contributed by atoms with Gasteiger partial charge in [0.25, 0.3) is 5.91 Å². The molecular weight excluding hydrogens is 335 g/mol. The number of benzene rings is 2. The van der Waals surface area contributed by atoms with Crippen molar-refractivity contribution in [2.45, 2.75) is 13.8 Å². The zero-order valence-corrected chi connectivity index (χ0v) is 13.6. The average molecular weight is 351 g/mol. The molecule has 0 aliphatic rings. The number of aryl methyl sites for hydroxylation is 2. The molecule has 2 aromatic carbocycles. The van der Waals surface area contributed by atoms with Gasteiger partial charge < -0.3 is 10.6 Å². The van der Waals surface area contributed by atoms with Crippen LogP contribution in [0.5, 0.6) is 0 Å². The summed E-state index contributed by atoms with van der Waals surface area (Å²) in [6.07, 6.45) is 0. The lowest BCUT2D eigenvalue weighted by molar-refractivity contribution is 0.102. The van der Waals surface area contributed by atoms with Gasteiger partial charge in [0, 0.05) is 18.4 Å². The highest BCUT2D eigenvalue weighted by Gasteiger charge is 2.13. The molecule has 0 fully saturated rings. The number of carbonyl (C=O) groups excluding carboxylic acids is 1. The van der Waals surface area contributed by atoms with Crippen molar-refractivity contribution in [2.75, 3.05) is 17.7 Å². The van der Waals surface area contributed by atoms with E-state index in [1.165, 1.54) is 6.07 Å². The van der Waals surface area contributed by atoms with E-state index in [9.17, 15) is 9.18 Å². The van der Waals surface area contributed by atoms with E-state index in [1.807, 2.05) is 19.1 Å². The molecular formula is C16H16BrFN2O. The zero-order chi connectivity index (χ0) is 15.6. The number of anilines is 2. The molecule has 0 heterocycles. The van der Waals surface area contributed by atoms with Crippen LogP contribution >= 0.6 is 15.9 Å². The Morgan fingerprint density at radius 2 is 1.86 bits per heavy atom. The molecule has 0 aliphatic carbocycles. The van der Waals surface area contributed by atoms with Gasteiger partial charge in [0.05, 0.1) is 10.0 Å². The highest BCUT2D eigenvalue weighted by atomic mass is 79.9. The van der Waals surface area contributed by atoms with Crippen molar-refractivity contribution >= 4 is 33.2 Å². The van der Waals surface area contributed by atoms with E-state index >= 15 is 0 Å². The first-order valence-corrected chi connectivity index (χ1v) is 7.27. The predicted octanol–water partition coefficient (Wildman–Crippen LogP) is 4.50. The van der Waals surface area contributed by atoms with Gasteiger partial charge in [-0.2, -0.15) is 0 Å². The lowest BCUT2D eigenvalue weighted by Crippen LogP contribution is -2.15. The van der Waals surface area contributed by atoms with Crippen LogP contribution < -0.4 is 10.6 Å². The second kappa shape index (κ2) is 6.26. The fraction of sp³-hybridized carbons (Fsp3) is 0.188. The van der Waals surface area contributed by atoms with Gasteiger partial charge in [0.15, 0.2) is 0 Å². The maximum absolute atomic E-state index is 13.4. The lowest BCUT2D eigenvalue weighted by atomic mass is 10.1. The first-order valence-electron chi connectivity index (χ1n) is 6.47. The number of halogens is 2. The van der Waals surface area contributed by atoms with Crippen LogP contribution in [0.2, 0.25) is 0 Å². The summed E-state index contributed by atoms with van der Waals surface area (Å²) >= 11 is 3.13. The highest BCUT2D eigenvalue weighted by molar-refractivity contribution is 9.10. The summed E-state index contributed by atoms with van der Waals surface area (Å²) in [5.41, 5.74) is 3.61. The van der Waals surface area contributed by atoms with Gasteiger partial charge in [-0.05, 0) is 65.2 Å².